The molecule has 1 aliphatic heterocycles. The van der Waals surface area contributed by atoms with Crippen molar-refractivity contribution >= 4 is 5.91 Å². The minimum absolute atomic E-state index is 0.144. The fourth-order valence-electron chi connectivity index (χ4n) is 1.82. The van der Waals surface area contributed by atoms with E-state index in [-0.39, 0.29) is 11.8 Å². The summed E-state index contributed by atoms with van der Waals surface area (Å²) in [6.07, 6.45) is 2.09. The molecule has 1 aliphatic rings. The van der Waals surface area contributed by atoms with E-state index in [2.05, 4.69) is 15.5 Å². The molecular weight excluding hydrogens is 218 g/mol. The van der Waals surface area contributed by atoms with E-state index in [1.807, 2.05) is 14.1 Å². The van der Waals surface area contributed by atoms with E-state index in [0.29, 0.717) is 19.8 Å². The molecule has 0 spiro atoms. The first-order chi connectivity index (χ1) is 8.20. The Morgan fingerprint density at radius 2 is 2.29 bits per heavy atom. The first-order valence-electron chi connectivity index (χ1n) is 6.41. The Morgan fingerprint density at radius 1 is 1.47 bits per heavy atom. The van der Waals surface area contributed by atoms with Gasteiger partial charge < -0.3 is 20.3 Å². The molecule has 0 saturated carbocycles. The molecule has 0 aromatic carbocycles. The van der Waals surface area contributed by atoms with Crippen LogP contribution in [0.4, 0.5) is 0 Å². The van der Waals surface area contributed by atoms with Crippen molar-refractivity contribution in [3.63, 3.8) is 0 Å². The maximum atomic E-state index is 11.7. The van der Waals surface area contributed by atoms with Crippen LogP contribution in [0.25, 0.3) is 0 Å². The van der Waals surface area contributed by atoms with Gasteiger partial charge in [-0.25, -0.2) is 0 Å². The van der Waals surface area contributed by atoms with Crippen LogP contribution in [0.2, 0.25) is 0 Å². The minimum atomic E-state index is 0.144. The lowest BCUT2D eigenvalue weighted by Gasteiger charge is -2.21. The fraction of sp³-hybridized carbons (Fsp3) is 0.917. The largest absolute Gasteiger partial charge is 0.378 e. The molecule has 5 nitrogen and oxygen atoms in total. The second-order valence-corrected chi connectivity index (χ2v) is 4.75. The van der Waals surface area contributed by atoms with Crippen LogP contribution in [0.15, 0.2) is 0 Å². The molecule has 100 valence electrons. The van der Waals surface area contributed by atoms with Crippen LogP contribution in [0.5, 0.6) is 0 Å². The Bertz CT molecular complexity index is 216. The van der Waals surface area contributed by atoms with Crippen LogP contribution in [-0.2, 0) is 9.53 Å². The Hall–Kier alpha value is -0.650. The number of carbonyl (C=O) groups excluding carboxylic acids is 1. The molecule has 0 aromatic rings. The van der Waals surface area contributed by atoms with Gasteiger partial charge in [0.15, 0.2) is 0 Å². The van der Waals surface area contributed by atoms with Gasteiger partial charge in [0, 0.05) is 19.6 Å². The molecule has 1 atom stereocenters. The van der Waals surface area contributed by atoms with Crippen molar-refractivity contribution in [2.24, 2.45) is 5.92 Å². The highest BCUT2D eigenvalue weighted by Gasteiger charge is 2.19. The van der Waals surface area contributed by atoms with Gasteiger partial charge in [-0.05, 0) is 33.5 Å². The summed E-state index contributed by atoms with van der Waals surface area (Å²) in [5, 5.41) is 6.16. The number of amides is 1. The van der Waals surface area contributed by atoms with Crippen molar-refractivity contribution in [1.29, 1.82) is 0 Å². The standard InChI is InChI=1S/C12H25N3O2/c1-15(2)7-9-17-8-6-14-12(16)11-4-3-5-13-10-11/h11,13H,3-10H2,1-2H3,(H,14,16). The van der Waals surface area contributed by atoms with E-state index in [1.165, 1.54) is 0 Å². The summed E-state index contributed by atoms with van der Waals surface area (Å²) in [6.45, 7) is 4.70. The third kappa shape index (κ3) is 6.61. The van der Waals surface area contributed by atoms with Crippen molar-refractivity contribution in [2.45, 2.75) is 12.8 Å². The summed E-state index contributed by atoms with van der Waals surface area (Å²) in [5.74, 6) is 0.305. The smallest absolute Gasteiger partial charge is 0.224 e. The second kappa shape index (κ2) is 8.44. The molecule has 17 heavy (non-hydrogen) atoms. The maximum Gasteiger partial charge on any atom is 0.224 e. The van der Waals surface area contributed by atoms with Gasteiger partial charge in [-0.2, -0.15) is 0 Å². The zero-order chi connectivity index (χ0) is 12.5. The monoisotopic (exact) mass is 243 g/mol. The van der Waals surface area contributed by atoms with E-state index in [9.17, 15) is 4.79 Å². The fourth-order valence-corrected chi connectivity index (χ4v) is 1.82. The molecule has 0 radical (unpaired) electrons. The predicted molar refractivity (Wildman–Crippen MR) is 68.0 cm³/mol. The van der Waals surface area contributed by atoms with Crippen molar-refractivity contribution in [1.82, 2.24) is 15.5 Å². The molecule has 1 rings (SSSR count). The number of likely N-dealkylation sites (N-methyl/N-ethyl adjacent to an activating group) is 1. The normalized spacial score (nSPS) is 20.5. The summed E-state index contributed by atoms with van der Waals surface area (Å²) in [5.41, 5.74) is 0. The maximum absolute atomic E-state index is 11.7. The number of carbonyl (C=O) groups is 1. The summed E-state index contributed by atoms with van der Waals surface area (Å²) in [7, 11) is 4.03. The van der Waals surface area contributed by atoms with E-state index in [4.69, 9.17) is 4.74 Å². The molecule has 0 bridgehead atoms. The lowest BCUT2D eigenvalue weighted by molar-refractivity contribution is -0.125. The van der Waals surface area contributed by atoms with Gasteiger partial charge in [-0.1, -0.05) is 0 Å². The van der Waals surface area contributed by atoms with Crippen LogP contribution in [-0.4, -0.2) is 64.3 Å². The van der Waals surface area contributed by atoms with Gasteiger partial charge in [0.1, 0.15) is 0 Å². The first-order valence-corrected chi connectivity index (χ1v) is 6.41. The van der Waals surface area contributed by atoms with Gasteiger partial charge in [-0.15, -0.1) is 0 Å². The van der Waals surface area contributed by atoms with E-state index in [0.717, 1.165) is 32.5 Å². The molecule has 0 aromatic heterocycles. The molecule has 1 heterocycles. The van der Waals surface area contributed by atoms with E-state index >= 15 is 0 Å². The van der Waals surface area contributed by atoms with Gasteiger partial charge in [-0.3, -0.25) is 4.79 Å². The molecule has 2 N–H and O–H groups in total. The van der Waals surface area contributed by atoms with E-state index < -0.39 is 0 Å². The average molecular weight is 243 g/mol. The highest BCUT2D eigenvalue weighted by molar-refractivity contribution is 5.78. The lowest BCUT2D eigenvalue weighted by atomic mass is 9.99. The zero-order valence-corrected chi connectivity index (χ0v) is 11.0. The quantitative estimate of drug-likeness (QED) is 0.602. The number of hydrogen-bond donors (Lipinski definition) is 2. The summed E-state index contributed by atoms with van der Waals surface area (Å²) in [6, 6.07) is 0. The predicted octanol–water partition coefficient (Wildman–Crippen LogP) is -0.320. The summed E-state index contributed by atoms with van der Waals surface area (Å²) >= 11 is 0. The number of hydrogen-bond acceptors (Lipinski definition) is 4. The summed E-state index contributed by atoms with van der Waals surface area (Å²) in [4.78, 5) is 13.8. The molecule has 1 fully saturated rings. The number of ether oxygens (including phenoxy) is 1. The third-order valence-corrected chi connectivity index (χ3v) is 2.90. The van der Waals surface area contributed by atoms with Crippen molar-refractivity contribution in [3.8, 4) is 0 Å². The van der Waals surface area contributed by atoms with E-state index in [1.54, 1.807) is 0 Å². The minimum Gasteiger partial charge on any atom is -0.378 e. The van der Waals surface area contributed by atoms with Crippen LogP contribution in [0.1, 0.15) is 12.8 Å². The Kier molecular flexibility index (Phi) is 7.16. The highest BCUT2D eigenvalue weighted by Crippen LogP contribution is 2.09. The number of rotatable bonds is 7. The molecular formula is C12H25N3O2. The Labute approximate surface area is 104 Å². The summed E-state index contributed by atoms with van der Waals surface area (Å²) < 4.78 is 5.41. The van der Waals surface area contributed by atoms with Gasteiger partial charge in [0.05, 0.1) is 19.1 Å². The molecule has 1 unspecified atom stereocenters. The van der Waals surface area contributed by atoms with Crippen LogP contribution in [0, 0.1) is 5.92 Å². The zero-order valence-electron chi connectivity index (χ0n) is 11.0. The lowest BCUT2D eigenvalue weighted by Crippen LogP contribution is -2.41. The topological polar surface area (TPSA) is 53.6 Å². The third-order valence-electron chi connectivity index (χ3n) is 2.90. The first kappa shape index (κ1) is 14.4. The average Bonchev–Trinajstić information content (AvgIpc) is 2.34. The van der Waals surface area contributed by atoms with Crippen molar-refractivity contribution < 1.29 is 9.53 Å². The van der Waals surface area contributed by atoms with Gasteiger partial charge in [0.25, 0.3) is 0 Å². The number of piperidine rings is 1. The molecule has 1 amide bonds. The highest BCUT2D eigenvalue weighted by atomic mass is 16.5. The van der Waals surface area contributed by atoms with Gasteiger partial charge in [0.2, 0.25) is 5.91 Å². The number of nitrogens with zero attached hydrogens (tertiary/aromatic N) is 1. The van der Waals surface area contributed by atoms with Crippen molar-refractivity contribution in [3.05, 3.63) is 0 Å². The second-order valence-electron chi connectivity index (χ2n) is 4.75. The molecule has 1 saturated heterocycles. The Morgan fingerprint density at radius 3 is 2.94 bits per heavy atom. The molecule has 5 heteroatoms. The van der Waals surface area contributed by atoms with Gasteiger partial charge >= 0.3 is 0 Å². The van der Waals surface area contributed by atoms with Crippen LogP contribution < -0.4 is 10.6 Å². The van der Waals surface area contributed by atoms with Crippen molar-refractivity contribution in [2.75, 3.05) is 53.5 Å². The van der Waals surface area contributed by atoms with Crippen LogP contribution >= 0.6 is 0 Å². The Balaban J connectivity index is 1.96. The number of nitrogens with one attached hydrogen (secondary N) is 2. The van der Waals surface area contributed by atoms with Crippen LogP contribution in [0.3, 0.4) is 0 Å². The SMILES string of the molecule is CN(C)CCOCCNC(=O)C1CCCNC1. The molecule has 0 aliphatic carbocycles.